The minimum absolute atomic E-state index is 0. The van der Waals surface area contributed by atoms with Gasteiger partial charge in [0.2, 0.25) is 0 Å². The Hall–Kier alpha value is -3.80. The number of nitrogens with two attached hydrogens (primary N) is 2. The van der Waals surface area contributed by atoms with E-state index in [1.165, 1.54) is 12.1 Å². The van der Waals surface area contributed by atoms with Crippen LogP contribution >= 0.6 is 0 Å². The van der Waals surface area contributed by atoms with Crippen molar-refractivity contribution in [3.8, 4) is 0 Å². The van der Waals surface area contributed by atoms with E-state index >= 15 is 0 Å². The first-order valence-electron chi connectivity index (χ1n) is 14.1. The Bertz CT molecular complexity index is 2350. The summed E-state index contributed by atoms with van der Waals surface area (Å²) in [4.78, 5) is -0.834. The van der Waals surface area contributed by atoms with E-state index in [-0.39, 0.29) is 92.6 Å². The molecule has 0 radical (unpaired) electrons. The fourth-order valence-electron chi connectivity index (χ4n) is 5.00. The van der Waals surface area contributed by atoms with Gasteiger partial charge in [0, 0.05) is 21.5 Å². The third-order valence-electron chi connectivity index (χ3n) is 7.39. The second-order valence-electron chi connectivity index (χ2n) is 10.5. The van der Waals surface area contributed by atoms with Gasteiger partial charge in [0.05, 0.1) is 32.5 Å². The van der Waals surface area contributed by atoms with Crippen LogP contribution in [-0.4, -0.2) is 25.9 Å². The standard InChI is InChI=1S/C34H26N6O6S2.2Na/c35-33-27-7-3-1-5-25(27)31(47(41,42)43)19-29(33)39-37-23-15-11-21(12-16-23)9-10-22-13-17-24(18-14-22)38-40-30-20-32(48(44,45)46)26-6-2-4-8-28(26)34(30)36;;/h1-20H,35-36H2,(H,41,42,43)(H,44,45,46);;/q;2*+1/p-2/b10-9-,39-37?,40-38?;;. The number of rotatable bonds is 8. The summed E-state index contributed by atoms with van der Waals surface area (Å²) in [6, 6.07) is 29.2. The Kier molecular flexibility index (Phi) is 12.5. The summed E-state index contributed by atoms with van der Waals surface area (Å²) in [6.45, 7) is 0. The van der Waals surface area contributed by atoms with E-state index in [2.05, 4.69) is 20.5 Å². The Morgan fingerprint density at radius 1 is 0.480 bits per heavy atom. The molecule has 6 aromatic rings. The summed E-state index contributed by atoms with van der Waals surface area (Å²) in [6.07, 6.45) is 3.76. The van der Waals surface area contributed by atoms with Crippen LogP contribution in [0.25, 0.3) is 33.7 Å². The molecule has 0 bridgehead atoms. The molecule has 240 valence electrons. The van der Waals surface area contributed by atoms with Crippen molar-refractivity contribution in [2.24, 2.45) is 20.5 Å². The summed E-state index contributed by atoms with van der Waals surface area (Å²) in [5, 5.41) is 17.8. The third-order valence-corrected chi connectivity index (χ3v) is 9.15. The molecule has 0 aliphatic heterocycles. The molecule has 0 aliphatic rings. The van der Waals surface area contributed by atoms with Crippen LogP contribution in [-0.2, 0) is 20.2 Å². The summed E-state index contributed by atoms with van der Waals surface area (Å²) < 4.78 is 71.1. The molecule has 4 N–H and O–H groups in total. The molecule has 0 fully saturated rings. The van der Waals surface area contributed by atoms with E-state index in [9.17, 15) is 25.9 Å². The van der Waals surface area contributed by atoms with Crippen LogP contribution in [0.1, 0.15) is 11.1 Å². The number of azo groups is 2. The first-order chi connectivity index (χ1) is 22.9. The van der Waals surface area contributed by atoms with Crippen molar-refractivity contribution in [2.75, 3.05) is 11.5 Å². The van der Waals surface area contributed by atoms with Gasteiger partial charge >= 0.3 is 59.1 Å². The van der Waals surface area contributed by atoms with Gasteiger partial charge in [-0.05, 0) is 47.5 Å². The first-order valence-corrected chi connectivity index (χ1v) is 17.0. The number of hydrogen-bond donors (Lipinski definition) is 2. The van der Waals surface area contributed by atoms with Gasteiger partial charge in [-0.3, -0.25) is 0 Å². The molecule has 50 heavy (non-hydrogen) atoms. The topological polar surface area (TPSA) is 216 Å². The molecule has 0 spiro atoms. The van der Waals surface area contributed by atoms with Gasteiger partial charge in [0.15, 0.2) is 0 Å². The van der Waals surface area contributed by atoms with Crippen molar-refractivity contribution in [1.82, 2.24) is 0 Å². The number of nitrogen functional groups attached to an aromatic ring is 2. The molecular formula is C34H24N6Na2O6S2. The van der Waals surface area contributed by atoms with Crippen LogP contribution in [0.5, 0.6) is 0 Å². The maximum atomic E-state index is 11.9. The molecule has 0 amide bonds. The Labute approximate surface area is 332 Å². The van der Waals surface area contributed by atoms with Gasteiger partial charge in [-0.2, -0.15) is 10.2 Å². The van der Waals surface area contributed by atoms with Gasteiger partial charge in [-0.15, -0.1) is 10.2 Å². The van der Waals surface area contributed by atoms with E-state index in [1.807, 2.05) is 36.4 Å². The quantitative estimate of drug-likeness (QED) is 0.0777. The largest absolute Gasteiger partial charge is 1.00 e. The zero-order valence-electron chi connectivity index (χ0n) is 26.8. The van der Waals surface area contributed by atoms with E-state index in [1.54, 1.807) is 60.7 Å². The van der Waals surface area contributed by atoms with Crippen LogP contribution in [0, 0.1) is 0 Å². The van der Waals surface area contributed by atoms with Gasteiger partial charge in [0.1, 0.15) is 31.6 Å². The van der Waals surface area contributed by atoms with Crippen molar-refractivity contribution < 1.29 is 85.1 Å². The van der Waals surface area contributed by atoms with Gasteiger partial charge < -0.3 is 20.6 Å². The molecular weight excluding hydrogens is 699 g/mol. The zero-order valence-corrected chi connectivity index (χ0v) is 32.4. The van der Waals surface area contributed by atoms with Crippen molar-refractivity contribution in [3.63, 3.8) is 0 Å². The predicted octanol–water partition coefficient (Wildman–Crippen LogP) is 1.97. The van der Waals surface area contributed by atoms with E-state index in [4.69, 9.17) is 11.5 Å². The second kappa shape index (κ2) is 16.0. The average Bonchev–Trinajstić information content (AvgIpc) is 3.07. The minimum atomic E-state index is -4.77. The van der Waals surface area contributed by atoms with Crippen LogP contribution in [0.15, 0.2) is 139 Å². The third kappa shape index (κ3) is 8.73. The van der Waals surface area contributed by atoms with Crippen LogP contribution < -0.4 is 70.6 Å². The Morgan fingerprint density at radius 3 is 1.12 bits per heavy atom. The number of nitrogens with zero attached hydrogens (tertiary/aromatic N) is 4. The predicted molar refractivity (Wildman–Crippen MR) is 183 cm³/mol. The molecule has 0 saturated heterocycles. The fraction of sp³-hybridized carbons (Fsp3) is 0. The molecule has 0 heterocycles. The number of hydrogen-bond acceptors (Lipinski definition) is 12. The van der Waals surface area contributed by atoms with Crippen LogP contribution in [0.2, 0.25) is 0 Å². The van der Waals surface area contributed by atoms with Crippen molar-refractivity contribution in [2.45, 2.75) is 9.79 Å². The first kappa shape index (κ1) is 39.0. The molecule has 0 unspecified atom stereocenters. The van der Waals surface area contributed by atoms with Crippen LogP contribution in [0.4, 0.5) is 34.1 Å². The molecule has 0 aromatic heterocycles. The molecule has 12 nitrogen and oxygen atoms in total. The number of fused-ring (bicyclic) bond motifs is 2. The Morgan fingerprint density at radius 2 is 0.800 bits per heavy atom. The van der Waals surface area contributed by atoms with E-state index in [0.717, 1.165) is 23.3 Å². The van der Waals surface area contributed by atoms with Crippen molar-refractivity contribution in [1.29, 1.82) is 0 Å². The fourth-order valence-corrected chi connectivity index (χ4v) is 6.41. The van der Waals surface area contributed by atoms with E-state index < -0.39 is 30.0 Å². The van der Waals surface area contributed by atoms with Gasteiger partial charge in [-0.25, -0.2) is 16.8 Å². The van der Waals surface area contributed by atoms with Gasteiger partial charge in [0.25, 0.3) is 0 Å². The maximum Gasteiger partial charge on any atom is 1.00 e. The maximum absolute atomic E-state index is 11.9. The summed E-state index contributed by atoms with van der Waals surface area (Å²) >= 11 is 0. The molecule has 0 saturated carbocycles. The summed E-state index contributed by atoms with van der Waals surface area (Å²) in [5.41, 5.74) is 15.6. The summed E-state index contributed by atoms with van der Waals surface area (Å²) in [5.74, 6) is 0. The molecule has 16 heteroatoms. The number of benzene rings is 6. The number of anilines is 2. The zero-order chi connectivity index (χ0) is 34.1. The van der Waals surface area contributed by atoms with Gasteiger partial charge in [-0.1, -0.05) is 84.9 Å². The molecule has 6 rings (SSSR count). The normalized spacial score (nSPS) is 12.1. The SMILES string of the molecule is Nc1c(N=Nc2ccc(/C=C\c3ccc(N=Nc4cc(S(=O)(=O)[O-])c5ccccc5c4N)cc3)cc2)cc(S(=O)(=O)[O-])c2ccccc12.[Na+].[Na+]. The Balaban J connectivity index is 0.00000281. The molecule has 0 atom stereocenters. The van der Waals surface area contributed by atoms with E-state index in [0.29, 0.717) is 22.1 Å². The summed E-state index contributed by atoms with van der Waals surface area (Å²) in [7, 11) is -9.55. The molecule has 0 aliphatic carbocycles. The minimum Gasteiger partial charge on any atom is -0.744 e. The smallest absolute Gasteiger partial charge is 0.744 e. The average molecular weight is 723 g/mol. The van der Waals surface area contributed by atoms with Crippen LogP contribution in [0.3, 0.4) is 0 Å². The monoisotopic (exact) mass is 722 g/mol. The van der Waals surface area contributed by atoms with Crippen molar-refractivity contribution in [3.05, 3.63) is 120 Å². The second-order valence-corrected chi connectivity index (χ2v) is 13.2. The molecule has 6 aromatic carbocycles. The van der Waals surface area contributed by atoms with Crippen molar-refractivity contribution >= 4 is 88.1 Å².